The van der Waals surface area contributed by atoms with Gasteiger partial charge in [-0.3, -0.25) is 28.5 Å². The molecule has 4 atom stereocenters. The number of aromatic nitrogens is 6. The highest BCUT2D eigenvalue weighted by atomic mass is 32.2. The molecule has 17 nitrogen and oxygen atoms in total. The maximum atomic E-state index is 13.8. The van der Waals surface area contributed by atoms with E-state index in [2.05, 4.69) is 81.1 Å². The van der Waals surface area contributed by atoms with E-state index >= 15 is 0 Å². The molecule has 0 radical (unpaired) electrons. The molecular formula is C79H100F3N11O6S. The summed E-state index contributed by atoms with van der Waals surface area (Å²) in [4.78, 5) is 37.5. The van der Waals surface area contributed by atoms with E-state index in [0.29, 0.717) is 42.1 Å². The van der Waals surface area contributed by atoms with Crippen molar-refractivity contribution in [1.82, 2.24) is 50.2 Å². The van der Waals surface area contributed by atoms with E-state index in [9.17, 15) is 36.0 Å². The molecular weight excluding hydrogens is 1290 g/mol. The van der Waals surface area contributed by atoms with Crippen molar-refractivity contribution in [1.29, 1.82) is 0 Å². The third-order valence-corrected chi connectivity index (χ3v) is 19.3. The average molecular weight is 1390 g/mol. The van der Waals surface area contributed by atoms with Crippen LogP contribution < -0.4 is 21.7 Å². The third-order valence-electron chi connectivity index (χ3n) is 18.0. The van der Waals surface area contributed by atoms with Gasteiger partial charge in [0, 0.05) is 113 Å². The molecule has 2 aliphatic rings. The van der Waals surface area contributed by atoms with E-state index in [1.54, 1.807) is 87.6 Å². The van der Waals surface area contributed by atoms with E-state index in [1.807, 2.05) is 80.1 Å². The van der Waals surface area contributed by atoms with Crippen molar-refractivity contribution >= 4 is 28.2 Å². The number of amides is 2. The molecule has 0 fully saturated rings. The normalized spacial score (nSPS) is 14.6. The van der Waals surface area contributed by atoms with E-state index in [0.717, 1.165) is 129 Å². The Balaban J connectivity index is 0.000000185. The Labute approximate surface area is 589 Å². The Morgan fingerprint density at radius 1 is 0.610 bits per heavy atom. The topological polar surface area (TPSA) is 213 Å². The van der Waals surface area contributed by atoms with E-state index in [4.69, 9.17) is 15.0 Å². The second kappa shape index (κ2) is 38.1. The lowest BCUT2D eigenvalue weighted by atomic mass is 9.88. The van der Waals surface area contributed by atoms with Gasteiger partial charge in [0.1, 0.15) is 29.8 Å². The minimum absolute atomic E-state index is 0.00665. The zero-order chi connectivity index (χ0) is 72.6. The van der Waals surface area contributed by atoms with Crippen molar-refractivity contribution in [2.24, 2.45) is 5.73 Å². The summed E-state index contributed by atoms with van der Waals surface area (Å²) < 4.78 is 76.0. The van der Waals surface area contributed by atoms with Crippen molar-refractivity contribution in [2.45, 2.75) is 176 Å². The zero-order valence-corrected chi connectivity index (χ0v) is 60.9. The SMILES string of the molecule is CCn1nc(C)c2c1CCN([C@@H](C(=O)NC)c1ccccc1)[C@H]2CCc1ccc(F)c(C)c1.CCn1nc(C)c2c1CCN[C@H]2CCc1ccc(F)c(C)c1.CCn1nc(C)cc1CCN.CNC(=O)[C@H](OS(=O)(=O)c1ccc(C)cc1)c1ccccc1.Cc1cc(CCC=O)ccc1F. The van der Waals surface area contributed by atoms with Crippen LogP contribution in [0.5, 0.6) is 0 Å². The summed E-state index contributed by atoms with van der Waals surface area (Å²) in [6.45, 7) is 24.9. The van der Waals surface area contributed by atoms with Gasteiger partial charge in [-0.15, -0.1) is 0 Å². The fraction of sp³-hybridized carbons (Fsp3) is 0.392. The van der Waals surface area contributed by atoms with Gasteiger partial charge < -0.3 is 26.5 Å². The van der Waals surface area contributed by atoms with E-state index < -0.39 is 22.1 Å². The van der Waals surface area contributed by atoms with Gasteiger partial charge in [0.2, 0.25) is 5.91 Å². The van der Waals surface area contributed by atoms with Gasteiger partial charge in [0.15, 0.2) is 6.10 Å². The maximum absolute atomic E-state index is 13.8. The molecule has 5 heterocycles. The number of halogens is 3. The molecule has 0 spiro atoms. The molecule has 100 heavy (non-hydrogen) atoms. The van der Waals surface area contributed by atoms with Crippen molar-refractivity contribution in [3.63, 3.8) is 0 Å². The monoisotopic (exact) mass is 1390 g/mol. The maximum Gasteiger partial charge on any atom is 0.298 e. The molecule has 2 amide bonds. The zero-order valence-electron chi connectivity index (χ0n) is 60.0. The first-order valence-electron chi connectivity index (χ1n) is 34.6. The van der Waals surface area contributed by atoms with Crippen LogP contribution in [0.4, 0.5) is 13.2 Å². The standard InChI is InChI=1S/C27H33FN4O.C18H24FN3.C16H17NO4S.C10H11FO.C8H15N3/c1-5-32-24-15-16-31(26(27(33)29-4)21-9-7-6-8-10-21)23(25(24)19(3)30-32)14-12-20-11-13-22(28)18(2)17-20;1-4-22-17-9-10-20-16(18(17)13(3)21-22)8-6-14-5-7-15(19)12(2)11-14;1-12-8-10-14(11-9-12)22(19,20)21-15(16(18)17-2)13-6-4-3-5-7-13;1-8-7-9(3-2-6-12)4-5-10(8)11;1-3-11-8(4-5-9)6-7(2)10-11/h6-11,13,17,23,26H,5,12,14-16H2,1-4H3,(H,29,33);5,7,11,16,20H,4,6,8-10H2,1-3H3;3-11,15H,1-2H3,(H,17,18);4-7H,2-3H2,1H3;6H,3-5,9H2,1-2H3/t23-,26+;16-;15-;;/m001../s1. The molecule has 5 N–H and O–H groups in total. The largest absolute Gasteiger partial charge is 0.358 e. The number of benzene rings is 6. The third kappa shape index (κ3) is 21.1. The van der Waals surface area contributed by atoms with Crippen LogP contribution in [0.3, 0.4) is 0 Å². The predicted molar refractivity (Wildman–Crippen MR) is 389 cm³/mol. The Morgan fingerprint density at radius 2 is 1.11 bits per heavy atom. The van der Waals surface area contributed by atoms with Gasteiger partial charge >= 0.3 is 0 Å². The van der Waals surface area contributed by atoms with Crippen LogP contribution in [0.15, 0.2) is 150 Å². The van der Waals surface area contributed by atoms with Crippen LogP contribution in [0, 0.1) is 65.9 Å². The fourth-order valence-corrected chi connectivity index (χ4v) is 14.0. The van der Waals surface area contributed by atoms with Gasteiger partial charge in [-0.2, -0.15) is 23.7 Å². The van der Waals surface area contributed by atoms with Crippen LogP contribution >= 0.6 is 0 Å². The summed E-state index contributed by atoms with van der Waals surface area (Å²) in [7, 11) is -0.911. The summed E-state index contributed by atoms with van der Waals surface area (Å²) in [5.41, 5.74) is 23.0. The number of carbonyl (C=O) groups excluding carboxylic acids is 3. The van der Waals surface area contributed by atoms with Crippen LogP contribution in [-0.2, 0) is 86.8 Å². The smallest absolute Gasteiger partial charge is 0.298 e. The van der Waals surface area contributed by atoms with Gasteiger partial charge in [-0.1, -0.05) is 115 Å². The first-order valence-corrected chi connectivity index (χ1v) is 36.0. The summed E-state index contributed by atoms with van der Waals surface area (Å²) in [6, 6.07) is 42.6. The lowest BCUT2D eigenvalue weighted by molar-refractivity contribution is -0.128. The molecule has 0 bridgehead atoms. The minimum Gasteiger partial charge on any atom is -0.358 e. The van der Waals surface area contributed by atoms with Crippen LogP contribution in [0.1, 0.15) is 160 Å². The number of hydrogen-bond acceptors (Lipinski definition) is 12. The average Bonchev–Trinajstić information content (AvgIpc) is 1.53. The van der Waals surface area contributed by atoms with Crippen LogP contribution in [0.25, 0.3) is 0 Å². The highest BCUT2D eigenvalue weighted by Crippen LogP contribution is 2.41. The number of aldehydes is 1. The van der Waals surface area contributed by atoms with Crippen molar-refractivity contribution in [3.05, 3.63) is 258 Å². The summed E-state index contributed by atoms with van der Waals surface area (Å²) in [6.07, 6.45) is 7.29. The number of carbonyl (C=O) groups is 3. The molecule has 21 heteroatoms. The molecule has 0 aliphatic carbocycles. The quantitative estimate of drug-likeness (QED) is 0.0369. The Bertz CT molecular complexity index is 4240. The first kappa shape index (κ1) is 78.5. The summed E-state index contributed by atoms with van der Waals surface area (Å²) >= 11 is 0. The number of aryl methyl sites for hydroxylation is 13. The minimum atomic E-state index is -4.04. The molecule has 0 saturated carbocycles. The van der Waals surface area contributed by atoms with Crippen molar-refractivity contribution in [2.75, 3.05) is 33.7 Å². The predicted octanol–water partition coefficient (Wildman–Crippen LogP) is 13.3. The first-order chi connectivity index (χ1) is 48.0. The lowest BCUT2D eigenvalue weighted by Gasteiger charge is -2.41. The number of likely N-dealkylation sites (N-methyl/N-ethyl adjacent to an activating group) is 2. The van der Waals surface area contributed by atoms with Gasteiger partial charge in [0.05, 0.1) is 22.0 Å². The number of nitrogens with zero attached hydrogens (tertiary/aromatic N) is 7. The second-order valence-electron chi connectivity index (χ2n) is 25.1. The number of nitrogens with two attached hydrogens (primary N) is 1. The molecule has 534 valence electrons. The molecule has 9 aromatic rings. The van der Waals surface area contributed by atoms with Gasteiger partial charge in [0.25, 0.3) is 16.0 Å². The van der Waals surface area contributed by atoms with Crippen molar-refractivity contribution in [3.8, 4) is 0 Å². The molecule has 0 saturated heterocycles. The molecule has 2 aliphatic heterocycles. The van der Waals surface area contributed by atoms with Gasteiger partial charge in [-0.25, -0.2) is 17.4 Å². The second-order valence-corrected chi connectivity index (χ2v) is 26.7. The number of rotatable bonds is 22. The van der Waals surface area contributed by atoms with E-state index in [-0.39, 0.29) is 40.3 Å². The molecule has 11 rings (SSSR count). The van der Waals surface area contributed by atoms with Gasteiger partial charge in [-0.05, 0) is 189 Å². The number of nitrogens with one attached hydrogen (secondary N) is 3. The summed E-state index contributed by atoms with van der Waals surface area (Å²) in [5, 5.41) is 22.7. The molecule has 0 unspecified atom stereocenters. The van der Waals surface area contributed by atoms with E-state index in [1.165, 1.54) is 59.0 Å². The molecule has 3 aromatic heterocycles. The van der Waals surface area contributed by atoms with Crippen LogP contribution in [-0.4, -0.2) is 94.5 Å². The number of fused-ring (bicyclic) bond motifs is 2. The number of hydrogen-bond donors (Lipinski definition) is 4. The van der Waals surface area contributed by atoms with Crippen molar-refractivity contribution < 1.29 is 40.2 Å². The summed E-state index contributed by atoms with van der Waals surface area (Å²) in [5.74, 6) is -1.02. The Kier molecular flexibility index (Phi) is 29.9. The highest BCUT2D eigenvalue weighted by molar-refractivity contribution is 7.86. The highest BCUT2D eigenvalue weighted by Gasteiger charge is 2.39. The Hall–Kier alpha value is -8.86. The Morgan fingerprint density at radius 3 is 1.61 bits per heavy atom. The fourth-order valence-electron chi connectivity index (χ4n) is 12.9. The molecule has 6 aromatic carbocycles. The lowest BCUT2D eigenvalue weighted by Crippen LogP contribution is -2.45. The van der Waals surface area contributed by atoms with Crippen LogP contribution in [0.2, 0.25) is 0 Å².